The van der Waals surface area contributed by atoms with Crippen LogP contribution in [0.5, 0.6) is 5.75 Å². The number of nitriles is 1. The van der Waals surface area contributed by atoms with Crippen LogP contribution in [0.3, 0.4) is 0 Å². The van der Waals surface area contributed by atoms with Crippen LogP contribution in [-0.2, 0) is 0 Å². The largest absolute Gasteiger partial charge is 0.573 e. The monoisotopic (exact) mass is 341 g/mol. The maximum Gasteiger partial charge on any atom is 0.573 e. The Hall–Kier alpha value is -2.00. The number of benzene rings is 2. The second-order valence-corrected chi connectivity index (χ2v) is 4.70. The van der Waals surface area contributed by atoms with E-state index in [4.69, 9.17) is 5.26 Å². The van der Waals surface area contributed by atoms with Gasteiger partial charge in [0.15, 0.2) is 0 Å². The van der Waals surface area contributed by atoms with Crippen LogP contribution in [0.2, 0.25) is 0 Å². The number of halogens is 4. The first-order chi connectivity index (χ1) is 9.40. The van der Waals surface area contributed by atoms with Gasteiger partial charge in [-0.25, -0.2) is 0 Å². The Balaban J connectivity index is 2.56. The summed E-state index contributed by atoms with van der Waals surface area (Å²) in [6.45, 7) is 0. The van der Waals surface area contributed by atoms with Crippen LogP contribution in [-0.4, -0.2) is 6.36 Å². The molecule has 2 rings (SSSR count). The van der Waals surface area contributed by atoms with Gasteiger partial charge in [0, 0.05) is 15.6 Å². The van der Waals surface area contributed by atoms with Crippen LogP contribution >= 0.6 is 15.9 Å². The number of alkyl halides is 3. The van der Waals surface area contributed by atoms with E-state index in [-0.39, 0.29) is 11.3 Å². The summed E-state index contributed by atoms with van der Waals surface area (Å²) in [6, 6.07) is 12.4. The molecule has 0 saturated heterocycles. The molecule has 0 spiro atoms. The van der Waals surface area contributed by atoms with Gasteiger partial charge in [0.05, 0.1) is 11.6 Å². The number of para-hydroxylation sites is 1. The van der Waals surface area contributed by atoms with Gasteiger partial charge in [-0.1, -0.05) is 34.1 Å². The van der Waals surface area contributed by atoms with Gasteiger partial charge in [0.2, 0.25) is 0 Å². The fourth-order valence-electron chi connectivity index (χ4n) is 1.70. The number of hydrogen-bond donors (Lipinski definition) is 0. The molecule has 20 heavy (non-hydrogen) atoms. The molecule has 0 radical (unpaired) electrons. The number of rotatable bonds is 2. The van der Waals surface area contributed by atoms with Gasteiger partial charge in [0.25, 0.3) is 0 Å². The van der Waals surface area contributed by atoms with Crippen LogP contribution in [0, 0.1) is 11.3 Å². The van der Waals surface area contributed by atoms with Gasteiger partial charge in [-0.3, -0.25) is 0 Å². The maximum absolute atomic E-state index is 12.4. The molecule has 0 fully saturated rings. The molecule has 0 aliphatic carbocycles. The van der Waals surface area contributed by atoms with Gasteiger partial charge in [0.1, 0.15) is 5.75 Å². The standard InChI is InChI=1S/C14H7BrF3NO/c15-12-6-5-9(8-19)7-11(12)10-3-1-2-4-13(10)20-14(16,17)18/h1-7H. The highest BCUT2D eigenvalue weighted by Crippen LogP contribution is 2.37. The van der Waals surface area contributed by atoms with Crippen molar-refractivity contribution in [2.45, 2.75) is 6.36 Å². The summed E-state index contributed by atoms with van der Waals surface area (Å²) in [6.07, 6.45) is -4.77. The van der Waals surface area contributed by atoms with E-state index in [0.717, 1.165) is 0 Å². The summed E-state index contributed by atoms with van der Waals surface area (Å²) in [7, 11) is 0. The Morgan fingerprint density at radius 1 is 1.05 bits per heavy atom. The van der Waals surface area contributed by atoms with Gasteiger partial charge < -0.3 is 4.74 Å². The smallest absolute Gasteiger partial charge is 0.405 e. The Morgan fingerprint density at radius 3 is 2.40 bits per heavy atom. The Kier molecular flexibility index (Phi) is 4.00. The molecule has 0 aromatic heterocycles. The van der Waals surface area contributed by atoms with Crippen molar-refractivity contribution in [3.63, 3.8) is 0 Å². The van der Waals surface area contributed by atoms with Crippen molar-refractivity contribution < 1.29 is 17.9 Å². The van der Waals surface area contributed by atoms with E-state index in [1.165, 1.54) is 24.3 Å². The zero-order chi connectivity index (χ0) is 14.8. The fourth-order valence-corrected chi connectivity index (χ4v) is 2.16. The van der Waals surface area contributed by atoms with E-state index >= 15 is 0 Å². The normalized spacial score (nSPS) is 10.9. The summed E-state index contributed by atoms with van der Waals surface area (Å²) in [5, 5.41) is 8.88. The average molecular weight is 342 g/mol. The maximum atomic E-state index is 12.4. The summed E-state index contributed by atoms with van der Waals surface area (Å²) in [4.78, 5) is 0. The minimum Gasteiger partial charge on any atom is -0.405 e. The third-order valence-electron chi connectivity index (χ3n) is 2.50. The molecule has 0 aliphatic rings. The van der Waals surface area contributed by atoms with E-state index in [2.05, 4.69) is 20.7 Å². The lowest BCUT2D eigenvalue weighted by Gasteiger charge is -2.14. The lowest BCUT2D eigenvalue weighted by atomic mass is 10.0. The van der Waals surface area contributed by atoms with Crippen LogP contribution in [0.25, 0.3) is 11.1 Å². The van der Waals surface area contributed by atoms with Gasteiger partial charge >= 0.3 is 6.36 Å². The van der Waals surface area contributed by atoms with Crippen molar-refractivity contribution in [1.29, 1.82) is 5.26 Å². The van der Waals surface area contributed by atoms with Crippen molar-refractivity contribution in [2.24, 2.45) is 0 Å². The summed E-state index contributed by atoms with van der Waals surface area (Å²) >= 11 is 3.26. The molecule has 0 unspecified atom stereocenters. The van der Waals surface area contributed by atoms with Gasteiger partial charge in [-0.15, -0.1) is 13.2 Å². The second kappa shape index (κ2) is 5.55. The van der Waals surface area contributed by atoms with E-state index < -0.39 is 6.36 Å². The molecular weight excluding hydrogens is 335 g/mol. The molecule has 0 N–H and O–H groups in total. The molecule has 2 aromatic rings. The molecule has 0 heterocycles. The molecule has 0 aliphatic heterocycles. The topological polar surface area (TPSA) is 33.0 Å². The molecule has 2 aromatic carbocycles. The second-order valence-electron chi connectivity index (χ2n) is 3.85. The predicted octanol–water partition coefficient (Wildman–Crippen LogP) is 4.89. The van der Waals surface area contributed by atoms with Gasteiger partial charge in [-0.2, -0.15) is 5.26 Å². The van der Waals surface area contributed by atoms with E-state index in [0.29, 0.717) is 15.6 Å². The van der Waals surface area contributed by atoms with Gasteiger partial charge in [-0.05, 0) is 24.3 Å². The zero-order valence-electron chi connectivity index (χ0n) is 9.91. The summed E-state index contributed by atoms with van der Waals surface area (Å²) < 4.78 is 41.8. The van der Waals surface area contributed by atoms with E-state index in [1.54, 1.807) is 18.2 Å². The number of nitrogens with zero attached hydrogens (tertiary/aromatic N) is 1. The molecule has 0 atom stereocenters. The fraction of sp³-hybridized carbons (Fsp3) is 0.0714. The predicted molar refractivity (Wildman–Crippen MR) is 71.0 cm³/mol. The quantitative estimate of drug-likeness (QED) is 0.779. The zero-order valence-corrected chi connectivity index (χ0v) is 11.5. The first kappa shape index (κ1) is 14.4. The molecule has 0 bridgehead atoms. The molecular formula is C14H7BrF3NO. The lowest BCUT2D eigenvalue weighted by Crippen LogP contribution is -2.17. The highest BCUT2D eigenvalue weighted by molar-refractivity contribution is 9.10. The lowest BCUT2D eigenvalue weighted by molar-refractivity contribution is -0.274. The van der Waals surface area contributed by atoms with E-state index in [1.807, 2.05) is 6.07 Å². The Morgan fingerprint density at radius 2 is 1.75 bits per heavy atom. The first-order valence-corrected chi connectivity index (χ1v) is 6.25. The first-order valence-electron chi connectivity index (χ1n) is 5.45. The Bertz CT molecular complexity index is 677. The van der Waals surface area contributed by atoms with Crippen LogP contribution in [0.15, 0.2) is 46.9 Å². The van der Waals surface area contributed by atoms with Crippen molar-refractivity contribution in [1.82, 2.24) is 0 Å². The van der Waals surface area contributed by atoms with Crippen molar-refractivity contribution >= 4 is 15.9 Å². The summed E-state index contributed by atoms with van der Waals surface area (Å²) in [5.41, 5.74) is 1.07. The molecule has 6 heteroatoms. The van der Waals surface area contributed by atoms with Crippen LogP contribution < -0.4 is 4.74 Å². The van der Waals surface area contributed by atoms with Crippen molar-refractivity contribution in [3.8, 4) is 22.9 Å². The third kappa shape index (κ3) is 3.31. The van der Waals surface area contributed by atoms with E-state index in [9.17, 15) is 13.2 Å². The molecule has 0 saturated carbocycles. The minimum absolute atomic E-state index is 0.258. The van der Waals surface area contributed by atoms with Crippen molar-refractivity contribution in [3.05, 3.63) is 52.5 Å². The SMILES string of the molecule is N#Cc1ccc(Br)c(-c2ccccc2OC(F)(F)F)c1. The third-order valence-corrected chi connectivity index (χ3v) is 3.19. The molecule has 2 nitrogen and oxygen atoms in total. The highest BCUT2D eigenvalue weighted by Gasteiger charge is 2.32. The molecule has 0 amide bonds. The average Bonchev–Trinajstić information content (AvgIpc) is 2.38. The number of hydrogen-bond acceptors (Lipinski definition) is 2. The minimum atomic E-state index is -4.77. The van der Waals surface area contributed by atoms with Crippen LogP contribution in [0.1, 0.15) is 5.56 Å². The summed E-state index contributed by atoms with van der Waals surface area (Å²) in [5.74, 6) is -0.309. The Labute approximate surface area is 121 Å². The van der Waals surface area contributed by atoms with Crippen LogP contribution in [0.4, 0.5) is 13.2 Å². The molecule has 102 valence electrons. The highest BCUT2D eigenvalue weighted by atomic mass is 79.9. The van der Waals surface area contributed by atoms with Crippen molar-refractivity contribution in [2.75, 3.05) is 0 Å². The number of ether oxygens (including phenoxy) is 1.